The molecule has 2 rings (SSSR count). The highest BCUT2D eigenvalue weighted by Crippen LogP contribution is 2.15. The fourth-order valence-electron chi connectivity index (χ4n) is 1.66. The first-order chi connectivity index (χ1) is 8.96. The van der Waals surface area contributed by atoms with Crippen LogP contribution in [0.25, 0.3) is 0 Å². The Bertz CT molecular complexity index is 687. The van der Waals surface area contributed by atoms with Gasteiger partial charge in [-0.3, -0.25) is 9.71 Å². The van der Waals surface area contributed by atoms with E-state index in [9.17, 15) is 12.8 Å². The lowest BCUT2D eigenvalue weighted by Gasteiger charge is -2.09. The van der Waals surface area contributed by atoms with E-state index in [4.69, 9.17) is 0 Å². The molecular weight excluding hydrogens is 267 g/mol. The number of nitrogens with one attached hydrogen (secondary N) is 1. The molecule has 0 amide bonds. The lowest BCUT2D eigenvalue weighted by molar-refractivity contribution is 0.600. The molecule has 1 heterocycles. The van der Waals surface area contributed by atoms with Crippen molar-refractivity contribution in [2.45, 2.75) is 12.7 Å². The number of nitrogens with zero attached hydrogens (tertiary/aromatic N) is 1. The van der Waals surface area contributed by atoms with Gasteiger partial charge >= 0.3 is 0 Å². The molecule has 4 nitrogen and oxygen atoms in total. The summed E-state index contributed by atoms with van der Waals surface area (Å²) >= 11 is 0. The van der Waals surface area contributed by atoms with Crippen molar-refractivity contribution < 1.29 is 12.8 Å². The monoisotopic (exact) mass is 280 g/mol. The third kappa shape index (κ3) is 3.75. The lowest BCUT2D eigenvalue weighted by Crippen LogP contribution is -2.15. The van der Waals surface area contributed by atoms with Crippen molar-refractivity contribution in [2.24, 2.45) is 0 Å². The normalized spacial score (nSPS) is 11.3. The average Bonchev–Trinajstić information content (AvgIpc) is 2.31. The summed E-state index contributed by atoms with van der Waals surface area (Å²) in [6, 6.07) is 8.30. The van der Waals surface area contributed by atoms with E-state index in [1.165, 1.54) is 6.20 Å². The van der Waals surface area contributed by atoms with Crippen molar-refractivity contribution in [3.05, 3.63) is 59.7 Å². The number of hydrogen-bond donors (Lipinski definition) is 1. The topological polar surface area (TPSA) is 59.1 Å². The zero-order valence-corrected chi connectivity index (χ0v) is 11.1. The molecule has 100 valence electrons. The fourth-order valence-corrected chi connectivity index (χ4v) is 2.94. The minimum atomic E-state index is -3.58. The summed E-state index contributed by atoms with van der Waals surface area (Å²) in [5.41, 5.74) is 1.72. The molecule has 6 heteroatoms. The van der Waals surface area contributed by atoms with E-state index >= 15 is 0 Å². The molecule has 1 N–H and O–H groups in total. The number of aromatic nitrogens is 1. The lowest BCUT2D eigenvalue weighted by atomic mass is 10.1. The van der Waals surface area contributed by atoms with Crippen LogP contribution in [0.3, 0.4) is 0 Å². The Morgan fingerprint density at radius 3 is 2.68 bits per heavy atom. The molecule has 0 aliphatic carbocycles. The Morgan fingerprint density at radius 2 is 2.00 bits per heavy atom. The molecule has 0 radical (unpaired) electrons. The molecule has 0 spiro atoms. The molecule has 0 saturated carbocycles. The highest BCUT2D eigenvalue weighted by atomic mass is 32.2. The van der Waals surface area contributed by atoms with Gasteiger partial charge in [-0.15, -0.1) is 0 Å². The van der Waals surface area contributed by atoms with Gasteiger partial charge in [0.05, 0.1) is 23.8 Å². The summed E-state index contributed by atoms with van der Waals surface area (Å²) in [6.07, 6.45) is 2.28. The molecule has 2 aromatic rings. The van der Waals surface area contributed by atoms with E-state index in [0.29, 0.717) is 5.56 Å². The van der Waals surface area contributed by atoms with Gasteiger partial charge in [-0.2, -0.15) is 0 Å². The maximum atomic E-state index is 12.9. The van der Waals surface area contributed by atoms with Gasteiger partial charge in [0.15, 0.2) is 0 Å². The van der Waals surface area contributed by atoms with Crippen LogP contribution in [0.5, 0.6) is 0 Å². The third-order valence-corrected chi connectivity index (χ3v) is 3.82. The van der Waals surface area contributed by atoms with Gasteiger partial charge < -0.3 is 0 Å². The van der Waals surface area contributed by atoms with E-state index in [2.05, 4.69) is 9.71 Å². The van der Waals surface area contributed by atoms with Gasteiger partial charge in [0.2, 0.25) is 10.0 Å². The van der Waals surface area contributed by atoms with Crippen molar-refractivity contribution in [1.82, 2.24) is 4.98 Å². The molecule has 0 fully saturated rings. The number of rotatable bonds is 4. The zero-order chi connectivity index (χ0) is 13.9. The first-order valence-corrected chi connectivity index (χ1v) is 7.27. The van der Waals surface area contributed by atoms with Crippen molar-refractivity contribution in [2.75, 3.05) is 4.72 Å². The minimum Gasteiger partial charge on any atom is -0.282 e. The molecular formula is C13H13FN2O2S. The van der Waals surface area contributed by atoms with Crippen LogP contribution >= 0.6 is 0 Å². The first kappa shape index (κ1) is 13.5. The standard InChI is InChI=1S/C13H13FN2O2S/c1-10-4-2-3-5-11(10)9-19(17,18)16-13-6-12(14)7-15-8-13/h2-8,16H,9H2,1H3. The Morgan fingerprint density at radius 1 is 1.26 bits per heavy atom. The molecule has 0 atom stereocenters. The average molecular weight is 280 g/mol. The summed E-state index contributed by atoms with van der Waals surface area (Å²) in [6.45, 7) is 1.84. The molecule has 0 aliphatic rings. The number of anilines is 1. The largest absolute Gasteiger partial charge is 0.282 e. The van der Waals surface area contributed by atoms with Gasteiger partial charge in [0.25, 0.3) is 0 Å². The molecule has 0 bridgehead atoms. The summed E-state index contributed by atoms with van der Waals surface area (Å²) in [5.74, 6) is -0.744. The summed E-state index contributed by atoms with van der Waals surface area (Å²) < 4.78 is 39.2. The summed E-state index contributed by atoms with van der Waals surface area (Å²) in [7, 11) is -3.58. The Kier molecular flexibility index (Phi) is 3.80. The Balaban J connectivity index is 2.18. The maximum Gasteiger partial charge on any atom is 0.236 e. The Hall–Kier alpha value is -1.95. The fraction of sp³-hybridized carbons (Fsp3) is 0.154. The van der Waals surface area contributed by atoms with Crippen molar-refractivity contribution in [1.29, 1.82) is 0 Å². The molecule has 0 aliphatic heterocycles. The van der Waals surface area contributed by atoms with E-state index in [-0.39, 0.29) is 11.4 Å². The van der Waals surface area contributed by atoms with Gasteiger partial charge in [-0.1, -0.05) is 24.3 Å². The number of sulfonamides is 1. The zero-order valence-electron chi connectivity index (χ0n) is 10.3. The summed E-state index contributed by atoms with van der Waals surface area (Å²) in [4.78, 5) is 3.59. The predicted octanol–water partition coefficient (Wildman–Crippen LogP) is 2.47. The third-order valence-electron chi connectivity index (χ3n) is 2.59. The van der Waals surface area contributed by atoms with Crippen molar-refractivity contribution in [3.8, 4) is 0 Å². The molecule has 19 heavy (non-hydrogen) atoms. The number of benzene rings is 1. The SMILES string of the molecule is Cc1ccccc1CS(=O)(=O)Nc1cncc(F)c1. The summed E-state index contributed by atoms with van der Waals surface area (Å²) in [5, 5.41) is 0. The minimum absolute atomic E-state index is 0.119. The maximum absolute atomic E-state index is 12.9. The number of aryl methyl sites for hydroxylation is 1. The smallest absolute Gasteiger partial charge is 0.236 e. The molecule has 1 aromatic carbocycles. The van der Waals surface area contributed by atoms with Crippen LogP contribution in [-0.2, 0) is 15.8 Å². The first-order valence-electron chi connectivity index (χ1n) is 5.62. The number of hydrogen-bond acceptors (Lipinski definition) is 3. The van der Waals surface area contributed by atoms with Crippen LogP contribution in [0, 0.1) is 12.7 Å². The van der Waals surface area contributed by atoms with Crippen LogP contribution in [0.4, 0.5) is 10.1 Å². The van der Waals surface area contributed by atoms with Gasteiger partial charge in [-0.25, -0.2) is 12.8 Å². The van der Waals surface area contributed by atoms with E-state index in [0.717, 1.165) is 17.8 Å². The molecule has 0 unspecified atom stereocenters. The van der Waals surface area contributed by atoms with E-state index in [1.807, 2.05) is 19.1 Å². The van der Waals surface area contributed by atoms with Gasteiger partial charge in [-0.05, 0) is 18.1 Å². The van der Waals surface area contributed by atoms with Crippen LogP contribution in [-0.4, -0.2) is 13.4 Å². The van der Waals surface area contributed by atoms with E-state index in [1.54, 1.807) is 12.1 Å². The second kappa shape index (κ2) is 5.36. The van der Waals surface area contributed by atoms with Crippen molar-refractivity contribution >= 4 is 15.7 Å². The van der Waals surface area contributed by atoms with Gasteiger partial charge in [0, 0.05) is 6.07 Å². The van der Waals surface area contributed by atoms with Crippen LogP contribution in [0.2, 0.25) is 0 Å². The van der Waals surface area contributed by atoms with Crippen LogP contribution in [0.1, 0.15) is 11.1 Å². The Labute approximate surface area is 111 Å². The number of pyridine rings is 1. The second-order valence-corrected chi connectivity index (χ2v) is 5.90. The quantitative estimate of drug-likeness (QED) is 0.936. The molecule has 1 aromatic heterocycles. The molecule has 0 saturated heterocycles. The van der Waals surface area contributed by atoms with E-state index < -0.39 is 15.8 Å². The van der Waals surface area contributed by atoms with Crippen LogP contribution in [0.15, 0.2) is 42.7 Å². The highest BCUT2D eigenvalue weighted by molar-refractivity contribution is 7.91. The number of halogens is 1. The predicted molar refractivity (Wildman–Crippen MR) is 71.6 cm³/mol. The van der Waals surface area contributed by atoms with Crippen molar-refractivity contribution in [3.63, 3.8) is 0 Å². The van der Waals surface area contributed by atoms with Gasteiger partial charge in [0.1, 0.15) is 5.82 Å². The second-order valence-electron chi connectivity index (χ2n) is 4.18. The highest BCUT2D eigenvalue weighted by Gasteiger charge is 2.13. The van der Waals surface area contributed by atoms with Crippen LogP contribution < -0.4 is 4.72 Å².